The maximum Gasteiger partial charge on any atom is 0.305 e. The Labute approximate surface area is 242 Å². The van der Waals surface area contributed by atoms with Gasteiger partial charge in [-0.2, -0.15) is 4.98 Å². The molecule has 11 nitrogen and oxygen atoms in total. The fraction of sp³-hybridized carbons (Fsp3) is 0.290. The number of carboxylic acids is 1. The average molecular weight is 573 g/mol. The van der Waals surface area contributed by atoms with Crippen LogP contribution >= 0.6 is 0 Å². The van der Waals surface area contributed by atoms with Crippen molar-refractivity contribution in [3.05, 3.63) is 77.9 Å². The van der Waals surface area contributed by atoms with E-state index in [-0.39, 0.29) is 31.5 Å². The van der Waals surface area contributed by atoms with Crippen LogP contribution in [0.4, 0.5) is 11.7 Å². The molecule has 3 aromatic carbocycles. The highest BCUT2D eigenvalue weighted by atomic mass is 16.7. The summed E-state index contributed by atoms with van der Waals surface area (Å²) in [6.45, 7) is 3.96. The van der Waals surface area contributed by atoms with E-state index in [2.05, 4.69) is 20.9 Å². The van der Waals surface area contributed by atoms with Crippen LogP contribution in [-0.4, -0.2) is 40.7 Å². The molecule has 11 heteroatoms. The van der Waals surface area contributed by atoms with E-state index in [4.69, 9.17) is 13.9 Å². The summed E-state index contributed by atoms with van der Waals surface area (Å²) in [5.74, 6) is -0.768. The molecule has 218 valence electrons. The number of nitrogens with one attached hydrogen (secondary N) is 3. The van der Waals surface area contributed by atoms with Gasteiger partial charge in [-0.3, -0.25) is 14.4 Å². The van der Waals surface area contributed by atoms with Crippen molar-refractivity contribution in [2.75, 3.05) is 12.1 Å². The zero-order valence-electron chi connectivity index (χ0n) is 23.3. The van der Waals surface area contributed by atoms with Crippen LogP contribution in [0.25, 0.3) is 11.1 Å². The van der Waals surface area contributed by atoms with Gasteiger partial charge in [0.1, 0.15) is 11.6 Å². The average Bonchev–Trinajstić information content (AvgIpc) is 3.58. The van der Waals surface area contributed by atoms with E-state index in [9.17, 15) is 19.5 Å². The van der Waals surface area contributed by atoms with Crippen molar-refractivity contribution < 1.29 is 33.4 Å². The van der Waals surface area contributed by atoms with E-state index >= 15 is 0 Å². The molecule has 4 aromatic rings. The number of anilines is 2. The number of fused-ring (bicyclic) bond motifs is 2. The predicted molar refractivity (Wildman–Crippen MR) is 155 cm³/mol. The third-order valence-electron chi connectivity index (χ3n) is 6.69. The van der Waals surface area contributed by atoms with Crippen molar-refractivity contribution in [3.63, 3.8) is 0 Å². The normalized spacial score (nSPS) is 13.5. The van der Waals surface area contributed by atoms with Crippen LogP contribution in [0.3, 0.4) is 0 Å². The number of hydrogen-bond donors (Lipinski definition) is 4. The van der Waals surface area contributed by atoms with Gasteiger partial charge in [0, 0.05) is 5.69 Å². The number of amides is 2. The zero-order valence-corrected chi connectivity index (χ0v) is 23.3. The predicted octanol–water partition coefficient (Wildman–Crippen LogP) is 4.71. The Kier molecular flexibility index (Phi) is 8.56. The van der Waals surface area contributed by atoms with Crippen LogP contribution in [0.5, 0.6) is 11.5 Å². The third-order valence-corrected chi connectivity index (χ3v) is 6.69. The summed E-state index contributed by atoms with van der Waals surface area (Å²) in [4.78, 5) is 42.6. The molecule has 42 heavy (non-hydrogen) atoms. The highest BCUT2D eigenvalue weighted by Crippen LogP contribution is 2.35. The second-order valence-corrected chi connectivity index (χ2v) is 10.5. The lowest BCUT2D eigenvalue weighted by Gasteiger charge is -2.24. The van der Waals surface area contributed by atoms with Crippen molar-refractivity contribution in [2.45, 2.75) is 45.2 Å². The first-order chi connectivity index (χ1) is 20.2. The molecule has 5 rings (SSSR count). The van der Waals surface area contributed by atoms with Gasteiger partial charge in [0.25, 0.3) is 6.01 Å². The second-order valence-electron chi connectivity index (χ2n) is 10.5. The molecular weight excluding hydrogens is 540 g/mol. The lowest BCUT2D eigenvalue weighted by molar-refractivity contribution is -0.138. The lowest BCUT2D eigenvalue weighted by atomic mass is 9.99. The lowest BCUT2D eigenvalue weighted by Crippen LogP contribution is -2.49. The van der Waals surface area contributed by atoms with Gasteiger partial charge in [-0.1, -0.05) is 44.2 Å². The molecular formula is C31H32N4O7. The Hall–Kier alpha value is -5.06. The number of benzene rings is 3. The third kappa shape index (κ3) is 7.17. The molecule has 0 saturated carbocycles. The van der Waals surface area contributed by atoms with E-state index in [0.29, 0.717) is 46.2 Å². The molecule has 0 aliphatic carbocycles. The molecule has 0 radical (unpaired) electrons. The number of para-hydroxylation sites is 1. The molecule has 2 heterocycles. The van der Waals surface area contributed by atoms with Crippen LogP contribution in [0.1, 0.15) is 43.9 Å². The SMILES string of the molecule is CC(C)CC(NC(=O)Cc1ccc2oc(Nc3ccccc3)nc2c1)C(=O)NC(CC(=O)O)c1ccc2c(c1)OCO2. The molecule has 2 unspecified atom stereocenters. The van der Waals surface area contributed by atoms with Crippen molar-refractivity contribution in [2.24, 2.45) is 5.92 Å². The molecule has 1 aliphatic heterocycles. The van der Waals surface area contributed by atoms with Crippen molar-refractivity contribution in [1.82, 2.24) is 15.6 Å². The summed E-state index contributed by atoms with van der Waals surface area (Å²) in [7, 11) is 0. The topological polar surface area (TPSA) is 152 Å². The Morgan fingerprint density at radius 3 is 2.50 bits per heavy atom. The van der Waals surface area contributed by atoms with Gasteiger partial charge in [-0.15, -0.1) is 0 Å². The van der Waals surface area contributed by atoms with Crippen LogP contribution in [0, 0.1) is 5.92 Å². The highest BCUT2D eigenvalue weighted by Gasteiger charge is 2.27. The number of ether oxygens (including phenoxy) is 2. The van der Waals surface area contributed by atoms with Gasteiger partial charge in [0.15, 0.2) is 17.1 Å². The molecule has 0 bridgehead atoms. The summed E-state index contributed by atoms with van der Waals surface area (Å²) in [5, 5.41) is 18.3. The minimum atomic E-state index is -1.08. The summed E-state index contributed by atoms with van der Waals surface area (Å²) < 4.78 is 16.5. The number of carboxylic acid groups (broad SMARTS) is 1. The first kappa shape index (κ1) is 28.5. The minimum absolute atomic E-state index is 0.0207. The Morgan fingerprint density at radius 1 is 0.952 bits per heavy atom. The van der Waals surface area contributed by atoms with Gasteiger partial charge in [0.2, 0.25) is 18.6 Å². The van der Waals surface area contributed by atoms with Gasteiger partial charge in [-0.25, -0.2) is 0 Å². The Bertz CT molecular complexity index is 1580. The maximum atomic E-state index is 13.4. The van der Waals surface area contributed by atoms with Gasteiger partial charge in [0.05, 0.1) is 18.9 Å². The molecule has 0 spiro atoms. The van der Waals surface area contributed by atoms with Crippen LogP contribution in [0.2, 0.25) is 0 Å². The number of hydrogen-bond acceptors (Lipinski definition) is 8. The number of rotatable bonds is 12. The van der Waals surface area contributed by atoms with Crippen LogP contribution < -0.4 is 25.4 Å². The van der Waals surface area contributed by atoms with E-state index in [1.165, 1.54) is 0 Å². The first-order valence-electron chi connectivity index (χ1n) is 13.7. The molecule has 2 amide bonds. The molecule has 1 aliphatic rings. The summed E-state index contributed by atoms with van der Waals surface area (Å²) in [6, 6.07) is 18.5. The standard InChI is InChI=1S/C31H32N4O7/c1-18(2)12-24(30(39)34-22(16-29(37)38)20-9-11-26-27(15-20)41-17-40-26)33-28(36)14-19-8-10-25-23(13-19)35-31(42-25)32-21-6-4-3-5-7-21/h3-11,13,15,18,22,24H,12,14,16-17H2,1-2H3,(H,32,35)(H,33,36)(H,34,39)(H,37,38). The number of carbonyl (C=O) groups excluding carboxylic acids is 2. The Balaban J connectivity index is 1.26. The summed E-state index contributed by atoms with van der Waals surface area (Å²) in [5.41, 5.74) is 3.26. The summed E-state index contributed by atoms with van der Waals surface area (Å²) >= 11 is 0. The number of aliphatic carboxylic acids is 1. The molecule has 0 fully saturated rings. The fourth-order valence-electron chi connectivity index (χ4n) is 4.74. The second kappa shape index (κ2) is 12.6. The minimum Gasteiger partial charge on any atom is -0.481 e. The van der Waals surface area contributed by atoms with E-state index < -0.39 is 24.0 Å². The number of carbonyl (C=O) groups is 3. The van der Waals surface area contributed by atoms with Crippen LogP contribution in [-0.2, 0) is 20.8 Å². The number of nitrogens with zero attached hydrogens (tertiary/aromatic N) is 1. The van der Waals surface area contributed by atoms with E-state index in [1.807, 2.05) is 44.2 Å². The van der Waals surface area contributed by atoms with Gasteiger partial charge < -0.3 is 34.9 Å². The van der Waals surface area contributed by atoms with Crippen molar-refractivity contribution >= 4 is 40.6 Å². The summed E-state index contributed by atoms with van der Waals surface area (Å²) in [6.07, 6.45) is 0.0503. The van der Waals surface area contributed by atoms with E-state index in [1.54, 1.807) is 36.4 Å². The van der Waals surface area contributed by atoms with Crippen LogP contribution in [0.15, 0.2) is 71.1 Å². The highest BCUT2D eigenvalue weighted by molar-refractivity contribution is 5.89. The van der Waals surface area contributed by atoms with Crippen molar-refractivity contribution in [1.29, 1.82) is 0 Å². The molecule has 2 atom stereocenters. The fourth-order valence-corrected chi connectivity index (χ4v) is 4.74. The first-order valence-corrected chi connectivity index (χ1v) is 13.7. The quantitative estimate of drug-likeness (QED) is 0.189. The van der Waals surface area contributed by atoms with Crippen molar-refractivity contribution in [3.8, 4) is 11.5 Å². The maximum absolute atomic E-state index is 13.4. The van der Waals surface area contributed by atoms with Gasteiger partial charge >= 0.3 is 5.97 Å². The van der Waals surface area contributed by atoms with Gasteiger partial charge in [-0.05, 0) is 59.9 Å². The number of aromatic nitrogens is 1. The van der Waals surface area contributed by atoms with E-state index in [0.717, 1.165) is 5.69 Å². The molecule has 0 saturated heterocycles. The molecule has 1 aromatic heterocycles. The molecule has 4 N–H and O–H groups in total. The number of oxazole rings is 1. The largest absolute Gasteiger partial charge is 0.481 e. The Morgan fingerprint density at radius 2 is 1.74 bits per heavy atom. The zero-order chi connectivity index (χ0) is 29.6. The monoisotopic (exact) mass is 572 g/mol. The smallest absolute Gasteiger partial charge is 0.305 e.